The number of nitrogen functional groups attached to an aromatic ring is 1. The molecule has 0 aliphatic carbocycles. The van der Waals surface area contributed by atoms with Crippen LogP contribution in [0.1, 0.15) is 24.5 Å². The fourth-order valence-corrected chi connectivity index (χ4v) is 1.39. The summed E-state index contributed by atoms with van der Waals surface area (Å²) in [5, 5.41) is 0. The van der Waals surface area contributed by atoms with Gasteiger partial charge in [0.1, 0.15) is 0 Å². The molecular formula is C12H16ClN. The topological polar surface area (TPSA) is 26.0 Å². The SMILES string of the molecule is CCc1ccc(N)c(C=CCCCl)c1. The minimum absolute atomic E-state index is 0.657. The van der Waals surface area contributed by atoms with E-state index in [0.29, 0.717) is 5.88 Å². The van der Waals surface area contributed by atoms with Gasteiger partial charge in [0.25, 0.3) is 0 Å². The average Bonchev–Trinajstić information content (AvgIpc) is 2.21. The molecule has 0 aliphatic heterocycles. The summed E-state index contributed by atoms with van der Waals surface area (Å²) in [6, 6.07) is 6.15. The normalized spacial score (nSPS) is 11.0. The predicted molar refractivity (Wildman–Crippen MR) is 64.6 cm³/mol. The van der Waals surface area contributed by atoms with Crippen LogP contribution < -0.4 is 5.73 Å². The van der Waals surface area contributed by atoms with Crippen molar-refractivity contribution in [3.63, 3.8) is 0 Å². The number of hydrogen-bond acceptors (Lipinski definition) is 1. The molecule has 0 spiro atoms. The molecule has 0 unspecified atom stereocenters. The number of hydrogen-bond donors (Lipinski definition) is 1. The number of anilines is 1. The third-order valence-corrected chi connectivity index (χ3v) is 2.35. The number of allylic oxidation sites excluding steroid dienone is 1. The van der Waals surface area contributed by atoms with Crippen LogP contribution >= 0.6 is 11.6 Å². The van der Waals surface area contributed by atoms with Gasteiger partial charge in [-0.3, -0.25) is 0 Å². The van der Waals surface area contributed by atoms with E-state index in [9.17, 15) is 0 Å². The highest BCUT2D eigenvalue weighted by Crippen LogP contribution is 2.16. The van der Waals surface area contributed by atoms with E-state index in [1.807, 2.05) is 12.1 Å². The van der Waals surface area contributed by atoms with Crippen molar-refractivity contribution < 1.29 is 0 Å². The number of rotatable bonds is 4. The second-order valence-electron chi connectivity index (χ2n) is 3.20. The standard InChI is InChI=1S/C12H16ClN/c1-2-10-6-7-12(14)11(9-10)5-3-4-8-13/h3,5-7,9H,2,4,8,14H2,1H3. The van der Waals surface area contributed by atoms with Crippen molar-refractivity contribution in [2.45, 2.75) is 19.8 Å². The number of alkyl halides is 1. The Morgan fingerprint density at radius 1 is 1.43 bits per heavy atom. The molecule has 1 rings (SSSR count). The maximum absolute atomic E-state index is 5.84. The van der Waals surface area contributed by atoms with Gasteiger partial charge >= 0.3 is 0 Å². The number of nitrogens with two attached hydrogens (primary N) is 1. The van der Waals surface area contributed by atoms with Crippen molar-refractivity contribution in [2.75, 3.05) is 11.6 Å². The van der Waals surface area contributed by atoms with Gasteiger partial charge in [-0.15, -0.1) is 11.6 Å². The van der Waals surface area contributed by atoms with Crippen LogP contribution in [0.4, 0.5) is 5.69 Å². The Labute approximate surface area is 90.6 Å². The number of benzene rings is 1. The summed E-state index contributed by atoms with van der Waals surface area (Å²) >= 11 is 5.58. The lowest BCUT2D eigenvalue weighted by Gasteiger charge is -2.03. The first-order valence-electron chi connectivity index (χ1n) is 4.88. The van der Waals surface area contributed by atoms with Gasteiger partial charge in [-0.1, -0.05) is 25.1 Å². The van der Waals surface area contributed by atoms with Crippen LogP contribution in [-0.2, 0) is 6.42 Å². The maximum atomic E-state index is 5.84. The van der Waals surface area contributed by atoms with E-state index < -0.39 is 0 Å². The van der Waals surface area contributed by atoms with Crippen LogP contribution in [0.15, 0.2) is 24.3 Å². The molecule has 1 aromatic carbocycles. The van der Waals surface area contributed by atoms with E-state index in [0.717, 1.165) is 24.1 Å². The van der Waals surface area contributed by atoms with Crippen molar-refractivity contribution in [1.29, 1.82) is 0 Å². The second kappa shape index (κ2) is 5.71. The van der Waals surface area contributed by atoms with E-state index in [2.05, 4.69) is 25.1 Å². The second-order valence-corrected chi connectivity index (χ2v) is 3.57. The Morgan fingerprint density at radius 2 is 2.21 bits per heavy atom. The van der Waals surface area contributed by atoms with E-state index in [4.69, 9.17) is 17.3 Å². The van der Waals surface area contributed by atoms with Gasteiger partial charge in [0.15, 0.2) is 0 Å². The molecule has 0 amide bonds. The Bertz CT molecular complexity index is 318. The molecule has 0 fully saturated rings. The molecule has 0 radical (unpaired) electrons. The molecule has 2 heteroatoms. The van der Waals surface area contributed by atoms with Gasteiger partial charge in [-0.25, -0.2) is 0 Å². The molecular weight excluding hydrogens is 194 g/mol. The van der Waals surface area contributed by atoms with Crippen molar-refractivity contribution in [1.82, 2.24) is 0 Å². The van der Waals surface area contributed by atoms with E-state index in [1.54, 1.807) is 0 Å². The molecule has 0 atom stereocenters. The summed E-state index contributed by atoms with van der Waals surface area (Å²) < 4.78 is 0. The first-order chi connectivity index (χ1) is 6.77. The Kier molecular flexibility index (Phi) is 4.54. The van der Waals surface area contributed by atoms with E-state index >= 15 is 0 Å². The molecule has 76 valence electrons. The first-order valence-corrected chi connectivity index (χ1v) is 5.42. The van der Waals surface area contributed by atoms with Gasteiger partial charge in [0.05, 0.1) is 0 Å². The van der Waals surface area contributed by atoms with Crippen LogP contribution in [0.3, 0.4) is 0 Å². The van der Waals surface area contributed by atoms with Crippen LogP contribution in [0.2, 0.25) is 0 Å². The van der Waals surface area contributed by atoms with Crippen molar-refractivity contribution in [3.05, 3.63) is 35.4 Å². The molecule has 0 heterocycles. The van der Waals surface area contributed by atoms with Crippen molar-refractivity contribution in [2.24, 2.45) is 0 Å². The minimum atomic E-state index is 0.657. The van der Waals surface area contributed by atoms with Gasteiger partial charge in [0, 0.05) is 11.6 Å². The third-order valence-electron chi connectivity index (χ3n) is 2.13. The van der Waals surface area contributed by atoms with Crippen LogP contribution in [-0.4, -0.2) is 5.88 Å². The Hall–Kier alpha value is -0.950. The zero-order valence-electron chi connectivity index (χ0n) is 8.46. The number of halogens is 1. The predicted octanol–water partition coefficient (Wildman–Crippen LogP) is 3.47. The highest BCUT2D eigenvalue weighted by atomic mass is 35.5. The van der Waals surface area contributed by atoms with Gasteiger partial charge in [0.2, 0.25) is 0 Å². The van der Waals surface area contributed by atoms with Crippen LogP contribution in [0, 0.1) is 0 Å². The monoisotopic (exact) mass is 209 g/mol. The molecule has 0 saturated heterocycles. The van der Waals surface area contributed by atoms with Crippen LogP contribution in [0.5, 0.6) is 0 Å². The minimum Gasteiger partial charge on any atom is -0.398 e. The van der Waals surface area contributed by atoms with Crippen molar-refractivity contribution >= 4 is 23.4 Å². The van der Waals surface area contributed by atoms with Crippen molar-refractivity contribution in [3.8, 4) is 0 Å². The molecule has 0 bridgehead atoms. The first kappa shape index (κ1) is 11.1. The summed E-state index contributed by atoms with van der Waals surface area (Å²) in [5.41, 5.74) is 9.07. The molecule has 1 aromatic rings. The fourth-order valence-electron chi connectivity index (χ4n) is 1.26. The zero-order chi connectivity index (χ0) is 10.4. The van der Waals surface area contributed by atoms with Gasteiger partial charge in [-0.05, 0) is 36.1 Å². The van der Waals surface area contributed by atoms with E-state index in [-0.39, 0.29) is 0 Å². The summed E-state index contributed by atoms with van der Waals surface area (Å²) in [4.78, 5) is 0. The Balaban J connectivity index is 2.83. The van der Waals surface area contributed by atoms with Gasteiger partial charge < -0.3 is 5.73 Å². The lowest BCUT2D eigenvalue weighted by Crippen LogP contribution is -1.91. The molecule has 0 aliphatic rings. The Morgan fingerprint density at radius 3 is 2.86 bits per heavy atom. The molecule has 1 nitrogen and oxygen atoms in total. The highest BCUT2D eigenvalue weighted by molar-refractivity contribution is 6.17. The summed E-state index contributed by atoms with van der Waals surface area (Å²) in [7, 11) is 0. The molecule has 14 heavy (non-hydrogen) atoms. The average molecular weight is 210 g/mol. The largest absolute Gasteiger partial charge is 0.398 e. The van der Waals surface area contributed by atoms with Crippen LogP contribution in [0.25, 0.3) is 6.08 Å². The highest BCUT2D eigenvalue weighted by Gasteiger charge is 1.96. The molecule has 0 aromatic heterocycles. The summed E-state index contributed by atoms with van der Waals surface area (Å²) in [6.45, 7) is 2.14. The smallest absolute Gasteiger partial charge is 0.0387 e. The lowest BCUT2D eigenvalue weighted by molar-refractivity contribution is 1.14. The summed E-state index contributed by atoms with van der Waals surface area (Å²) in [5.74, 6) is 0.657. The summed E-state index contributed by atoms with van der Waals surface area (Å²) in [6.07, 6.45) is 6.02. The zero-order valence-corrected chi connectivity index (χ0v) is 9.22. The molecule has 2 N–H and O–H groups in total. The maximum Gasteiger partial charge on any atom is 0.0387 e. The fraction of sp³-hybridized carbons (Fsp3) is 0.333. The van der Waals surface area contributed by atoms with E-state index in [1.165, 1.54) is 5.56 Å². The van der Waals surface area contributed by atoms with Gasteiger partial charge in [-0.2, -0.15) is 0 Å². The quantitative estimate of drug-likeness (QED) is 0.597. The lowest BCUT2D eigenvalue weighted by atomic mass is 10.1. The number of aryl methyl sites for hydroxylation is 1. The molecule has 0 saturated carbocycles. The third kappa shape index (κ3) is 3.08.